The Labute approximate surface area is 422 Å². The fraction of sp³-hybridized carbons (Fsp3) is 0.691. The second-order valence-electron chi connectivity index (χ2n) is 21.0. The van der Waals surface area contributed by atoms with Gasteiger partial charge in [-0.25, -0.2) is 4.79 Å². The molecule has 0 aromatic heterocycles. The van der Waals surface area contributed by atoms with Crippen molar-refractivity contribution in [1.29, 1.82) is 0 Å². The van der Waals surface area contributed by atoms with Crippen molar-refractivity contribution < 1.29 is 53.8 Å². The first-order valence-corrected chi connectivity index (χ1v) is 26.2. The number of anilines is 1. The minimum absolute atomic E-state index is 0.0322. The number of carbonyl (C=O) groups is 3. The number of hydrogen-bond donors (Lipinski definition) is 6. The summed E-state index contributed by atoms with van der Waals surface area (Å²) in [5.41, 5.74) is 8.94. The minimum atomic E-state index is -2.24. The highest BCUT2D eigenvalue weighted by molar-refractivity contribution is 6.30. The first-order chi connectivity index (χ1) is 33.3. The number of nitrogens with two attached hydrogens (primary N) is 1. The summed E-state index contributed by atoms with van der Waals surface area (Å²) in [6, 6.07) is 5.51. The van der Waals surface area contributed by atoms with E-state index in [0.717, 1.165) is 17.7 Å². The highest BCUT2D eigenvalue weighted by Gasteiger charge is 2.53. The maximum Gasteiger partial charge on any atom is 0.329 e. The largest absolute Gasteiger partial charge is 0.461 e. The Morgan fingerprint density at radius 2 is 1.67 bits per heavy atom. The van der Waals surface area contributed by atoms with Crippen LogP contribution in [0.5, 0.6) is 0 Å². The maximum atomic E-state index is 14.5. The van der Waals surface area contributed by atoms with Gasteiger partial charge in [-0.05, 0) is 139 Å². The van der Waals surface area contributed by atoms with Gasteiger partial charge in [0.15, 0.2) is 11.9 Å². The van der Waals surface area contributed by atoms with Crippen molar-refractivity contribution in [1.82, 2.24) is 4.90 Å². The van der Waals surface area contributed by atoms with Crippen LogP contribution in [0.15, 0.2) is 71.9 Å². The van der Waals surface area contributed by atoms with E-state index < -0.39 is 78.2 Å². The van der Waals surface area contributed by atoms with E-state index in [-0.39, 0.29) is 42.2 Å². The van der Waals surface area contributed by atoms with Crippen molar-refractivity contribution >= 4 is 34.9 Å². The number of nitrogens with zero attached hydrogens (tertiary/aromatic N) is 1. The summed E-state index contributed by atoms with van der Waals surface area (Å²) < 4.78 is 24.1. The number of esters is 1. The number of rotatable bonds is 7. The van der Waals surface area contributed by atoms with E-state index in [4.69, 9.17) is 36.3 Å². The van der Waals surface area contributed by atoms with Crippen LogP contribution in [0.25, 0.3) is 0 Å². The van der Waals surface area contributed by atoms with Gasteiger partial charge >= 0.3 is 5.97 Å². The number of amides is 1. The van der Waals surface area contributed by atoms with Crippen LogP contribution < -0.4 is 11.1 Å². The van der Waals surface area contributed by atoms with Crippen LogP contribution in [0.2, 0.25) is 5.02 Å². The van der Waals surface area contributed by atoms with Crippen molar-refractivity contribution in [2.24, 2.45) is 35.3 Å². The van der Waals surface area contributed by atoms with Crippen LogP contribution in [0, 0.1) is 29.6 Å². The molecule has 1 aliphatic carbocycles. The smallest absolute Gasteiger partial charge is 0.329 e. The van der Waals surface area contributed by atoms with Crippen LogP contribution in [-0.4, -0.2) is 130 Å². The predicted molar refractivity (Wildman–Crippen MR) is 273 cm³/mol. The SMILES string of the molecule is CO[C@@H]1C[C@H](C[C@@H](C)[C@@H]2CC[C@H](N)/C=C(\C)[C@@H](O)[C@@H](OC)C(=O)[C@H](C)C[C@H](C)/C=C/C=C/C=C(\C)[C@@H](Nc3cccc(Cl)c3)C[C@@H]3CCC(C)[C@@](O)(O3)C(O)C(=O)N3CCCCC3C(=O)O2)CC[C@H]1O. The Bertz CT molecular complexity index is 1990. The zero-order chi connectivity index (χ0) is 51.3. The number of hydrogen-bond acceptors (Lipinski definition) is 13. The Hall–Kier alpha value is -3.44. The van der Waals surface area contributed by atoms with Gasteiger partial charge in [-0.1, -0.05) is 87.4 Å². The Kier molecular flexibility index (Phi) is 22.2. The average molecular weight is 999 g/mol. The number of aliphatic hydroxyl groups excluding tert-OH is 3. The molecule has 2 saturated heterocycles. The van der Waals surface area contributed by atoms with Gasteiger partial charge in [0.05, 0.1) is 18.3 Å². The number of ether oxygens (including phenoxy) is 4. The van der Waals surface area contributed by atoms with Crippen LogP contribution in [0.4, 0.5) is 5.69 Å². The van der Waals surface area contributed by atoms with E-state index in [9.17, 15) is 34.8 Å². The topological polar surface area (TPSA) is 210 Å². The molecule has 2 bridgehead atoms. The molecule has 14 nitrogen and oxygen atoms in total. The second kappa shape index (κ2) is 27.0. The normalized spacial score (nSPS) is 39.3. The van der Waals surface area contributed by atoms with Crippen LogP contribution in [-0.2, 0) is 33.3 Å². The Balaban J connectivity index is 1.48. The molecule has 3 fully saturated rings. The lowest BCUT2D eigenvalue weighted by molar-refractivity contribution is -0.315. The molecular formula is C55H84ClN3O11. The fourth-order valence-corrected chi connectivity index (χ4v) is 11.2. The van der Waals surface area contributed by atoms with Gasteiger partial charge in [-0.15, -0.1) is 0 Å². The molecule has 3 unspecified atom stereocenters. The van der Waals surface area contributed by atoms with Gasteiger partial charge < -0.3 is 55.3 Å². The van der Waals surface area contributed by atoms with Gasteiger partial charge in [-0.2, -0.15) is 0 Å². The Morgan fingerprint density at radius 1 is 0.914 bits per heavy atom. The van der Waals surface area contributed by atoms with Gasteiger partial charge in [0.2, 0.25) is 5.79 Å². The highest BCUT2D eigenvalue weighted by atomic mass is 35.5. The quantitative estimate of drug-likeness (QED) is 0.115. The summed E-state index contributed by atoms with van der Waals surface area (Å²) in [5, 5.41) is 50.4. The third kappa shape index (κ3) is 15.5. The third-order valence-corrected chi connectivity index (χ3v) is 15.7. The van der Waals surface area contributed by atoms with Crippen LogP contribution in [0.3, 0.4) is 0 Å². The van der Waals surface area contributed by atoms with E-state index in [0.29, 0.717) is 87.6 Å². The van der Waals surface area contributed by atoms with E-state index in [1.54, 1.807) is 33.1 Å². The van der Waals surface area contributed by atoms with E-state index in [1.807, 2.05) is 76.3 Å². The van der Waals surface area contributed by atoms with Crippen molar-refractivity contribution in [3.05, 3.63) is 76.9 Å². The number of Topliss-reactive ketones (excluding diaryl/α,β-unsaturated/α-hetero) is 1. The molecule has 16 atom stereocenters. The van der Waals surface area contributed by atoms with Crippen LogP contribution >= 0.6 is 11.6 Å². The number of benzene rings is 1. The summed E-state index contributed by atoms with van der Waals surface area (Å²) in [7, 11) is 3.02. The van der Waals surface area contributed by atoms with Crippen molar-refractivity contribution in [2.75, 3.05) is 26.1 Å². The molecule has 15 heteroatoms. The molecule has 0 spiro atoms. The second-order valence-corrected chi connectivity index (χ2v) is 21.5. The van der Waals surface area contributed by atoms with Gasteiger partial charge in [0.25, 0.3) is 5.91 Å². The number of piperidine rings is 1. The van der Waals surface area contributed by atoms with E-state index in [2.05, 4.69) is 5.32 Å². The molecule has 3 heterocycles. The van der Waals surface area contributed by atoms with Crippen molar-refractivity contribution in [3.63, 3.8) is 0 Å². The first-order valence-electron chi connectivity index (χ1n) is 25.8. The van der Waals surface area contributed by atoms with Crippen molar-refractivity contribution in [3.8, 4) is 0 Å². The molecule has 5 rings (SSSR count). The first kappa shape index (κ1) is 57.5. The standard InChI is InChI=1S/C55H84ClN3O11/c1-33-15-10-9-11-16-34(2)44(58-42-18-14-17-40(56)31-42)32-43-23-20-38(6)55(66,70-43)52(63)53(64)59-26-13-12-19-45(59)54(65)69-47(35(3)28-39-21-24-46(60)48(30-39)67-7)25-22-41(57)29-37(5)50(62)51(68-8)49(61)36(4)27-33/h9-11,14-18,29,31,33,35-36,38-39,41,43-48,50-52,58,60,62-63,66H,12-13,19-28,30,32,57H2,1-8H3/b11-9+,15-10+,34-16+,37-29+/t33-,35-,36-,38?,39+,41+,43+,44+,45?,46-,47+,48-,50-,51+,52?,55-/m1/s1. The number of nitrogens with one attached hydrogen (secondary N) is 1. The molecule has 1 saturated carbocycles. The molecule has 3 aliphatic heterocycles. The zero-order valence-corrected chi connectivity index (χ0v) is 43.6. The molecule has 0 radical (unpaired) electrons. The summed E-state index contributed by atoms with van der Waals surface area (Å²) in [6.07, 6.45) is 12.2. The van der Waals surface area contributed by atoms with Gasteiger partial charge in [0, 0.05) is 55.4 Å². The van der Waals surface area contributed by atoms with E-state index >= 15 is 0 Å². The number of aliphatic hydroxyl groups is 4. The summed E-state index contributed by atoms with van der Waals surface area (Å²) in [5.74, 6) is -4.77. The molecule has 1 amide bonds. The summed E-state index contributed by atoms with van der Waals surface area (Å²) in [6.45, 7) is 11.6. The molecule has 392 valence electrons. The molecule has 4 aliphatic rings. The average Bonchev–Trinajstić information content (AvgIpc) is 3.33. The lowest BCUT2D eigenvalue weighted by Crippen LogP contribution is -2.63. The van der Waals surface area contributed by atoms with Crippen LogP contribution in [0.1, 0.15) is 125 Å². The number of allylic oxidation sites excluding steroid dienone is 5. The third-order valence-electron chi connectivity index (χ3n) is 15.4. The predicted octanol–water partition coefficient (Wildman–Crippen LogP) is 7.60. The molecular weight excluding hydrogens is 914 g/mol. The molecule has 70 heavy (non-hydrogen) atoms. The molecule has 1 aromatic carbocycles. The monoisotopic (exact) mass is 998 g/mol. The highest BCUT2D eigenvalue weighted by Crippen LogP contribution is 2.39. The lowest BCUT2D eigenvalue weighted by Gasteiger charge is -2.46. The number of ketones is 1. The van der Waals surface area contributed by atoms with Crippen molar-refractivity contribution in [2.45, 2.75) is 192 Å². The number of fused-ring (bicyclic) bond motifs is 3. The summed E-state index contributed by atoms with van der Waals surface area (Å²) >= 11 is 6.38. The number of carbonyl (C=O) groups excluding carboxylic acids is 3. The number of methoxy groups -OCH3 is 2. The number of halogens is 1. The van der Waals surface area contributed by atoms with Gasteiger partial charge in [-0.3, -0.25) is 9.59 Å². The summed E-state index contributed by atoms with van der Waals surface area (Å²) in [4.78, 5) is 44.2. The Morgan fingerprint density at radius 3 is 2.39 bits per heavy atom. The number of cyclic esters (lactones) is 1. The molecule has 1 aromatic rings. The zero-order valence-electron chi connectivity index (χ0n) is 42.9. The fourth-order valence-electron chi connectivity index (χ4n) is 11.0. The minimum Gasteiger partial charge on any atom is -0.461 e. The maximum absolute atomic E-state index is 14.5. The van der Waals surface area contributed by atoms with Gasteiger partial charge in [0.1, 0.15) is 24.4 Å². The molecule has 7 N–H and O–H groups in total. The van der Waals surface area contributed by atoms with E-state index in [1.165, 1.54) is 12.0 Å². The lowest BCUT2D eigenvalue weighted by atomic mass is 9.78.